The molecule has 0 fully saturated rings. The summed E-state index contributed by atoms with van der Waals surface area (Å²) >= 11 is 0. The summed E-state index contributed by atoms with van der Waals surface area (Å²) < 4.78 is 5.47. The van der Waals surface area contributed by atoms with E-state index in [4.69, 9.17) is 4.74 Å². The number of carbonyl (C=O) groups excluding carboxylic acids is 2. The van der Waals surface area contributed by atoms with Crippen molar-refractivity contribution in [3.05, 3.63) is 60.8 Å². The second kappa shape index (κ2) is 69.1. The molecule has 468 valence electrons. The van der Waals surface area contributed by atoms with E-state index >= 15 is 0 Å². The second-order valence-electron chi connectivity index (χ2n) is 24.2. The van der Waals surface area contributed by atoms with Crippen molar-refractivity contribution in [3.63, 3.8) is 0 Å². The Morgan fingerprint density at radius 1 is 0.350 bits per heavy atom. The Morgan fingerprint density at radius 3 is 1.00 bits per heavy atom. The zero-order chi connectivity index (χ0) is 57.8. The highest BCUT2D eigenvalue weighted by molar-refractivity contribution is 5.76. The number of unbranched alkanes of at least 4 members (excludes halogenated alkanes) is 47. The van der Waals surface area contributed by atoms with E-state index in [9.17, 15) is 19.8 Å². The van der Waals surface area contributed by atoms with Crippen molar-refractivity contribution in [1.82, 2.24) is 5.32 Å². The zero-order valence-corrected chi connectivity index (χ0v) is 53.6. The fourth-order valence-corrected chi connectivity index (χ4v) is 10.8. The lowest BCUT2D eigenvalue weighted by Gasteiger charge is -2.20. The molecule has 0 bridgehead atoms. The van der Waals surface area contributed by atoms with Gasteiger partial charge in [-0.05, 0) is 89.9 Å². The molecule has 2 unspecified atom stereocenters. The first-order valence-electron chi connectivity index (χ1n) is 35.6. The summed E-state index contributed by atoms with van der Waals surface area (Å²) in [5, 5.41) is 23.3. The number of esters is 1. The fraction of sp³-hybridized carbons (Fsp3) is 0.838. The van der Waals surface area contributed by atoms with Gasteiger partial charge >= 0.3 is 5.97 Å². The molecule has 0 heterocycles. The Morgan fingerprint density at radius 2 is 0.650 bits per heavy atom. The molecular formula is C74H137NO5. The minimum atomic E-state index is -0.852. The second-order valence-corrected chi connectivity index (χ2v) is 24.2. The number of ether oxygens (including phenoxy) is 1. The average Bonchev–Trinajstić information content (AvgIpc) is 3.46. The zero-order valence-electron chi connectivity index (χ0n) is 53.6. The molecule has 0 radical (unpaired) electrons. The van der Waals surface area contributed by atoms with E-state index in [2.05, 4.69) is 67.8 Å². The van der Waals surface area contributed by atoms with Gasteiger partial charge in [-0.25, -0.2) is 0 Å². The molecule has 0 rings (SSSR count). The molecule has 1 amide bonds. The van der Waals surface area contributed by atoms with Gasteiger partial charge in [0.25, 0.3) is 0 Å². The van der Waals surface area contributed by atoms with Crippen LogP contribution < -0.4 is 5.32 Å². The Kier molecular flexibility index (Phi) is 66.9. The SMILES string of the molecule is CCC/C=C\C/C=C\CCCCCCCC(=O)OCCCCCCCCCCC/C=C\C/C=C\CCCCCCCCCCCC(=O)NC(CO)C(O)/C=C/CCCCCCCCCCCCCCCCCCCCCCCCC. The third kappa shape index (κ3) is 64.7. The first-order valence-corrected chi connectivity index (χ1v) is 35.6. The first-order chi connectivity index (χ1) is 39.5. The van der Waals surface area contributed by atoms with Crippen molar-refractivity contribution in [2.45, 2.75) is 386 Å². The smallest absolute Gasteiger partial charge is 0.305 e. The third-order valence-corrected chi connectivity index (χ3v) is 16.2. The number of rotatable bonds is 66. The summed E-state index contributed by atoms with van der Waals surface area (Å²) in [6.07, 6.45) is 91.5. The molecule has 0 aromatic rings. The highest BCUT2D eigenvalue weighted by Crippen LogP contribution is 2.18. The number of carbonyl (C=O) groups is 2. The standard InChI is InChI=1S/C74H137NO5/c1-3-5-7-9-11-13-15-17-18-19-20-21-22-24-27-30-33-36-39-43-46-50-54-58-62-66-72(77)71(70-76)75-73(78)67-63-59-55-51-47-44-40-37-34-31-28-25-23-26-29-32-35-38-41-45-49-53-57-61-65-69-80-74(79)68-64-60-56-52-48-42-16-14-12-10-8-6-4-2/h8,10,14,16,25-26,28-29,62,66,71-72,76-77H,3-7,9,11-13,15,17-24,27,30-61,63-65,67-70H2,1-2H3,(H,75,78)/b10-8-,16-14-,28-25-,29-26-,66-62+. The summed E-state index contributed by atoms with van der Waals surface area (Å²) in [6.45, 7) is 4.85. The lowest BCUT2D eigenvalue weighted by molar-refractivity contribution is -0.143. The molecule has 0 aliphatic carbocycles. The van der Waals surface area contributed by atoms with Gasteiger partial charge in [0.15, 0.2) is 0 Å². The Hall–Kier alpha value is -2.44. The van der Waals surface area contributed by atoms with E-state index in [-0.39, 0.29) is 18.5 Å². The minimum Gasteiger partial charge on any atom is -0.466 e. The van der Waals surface area contributed by atoms with Gasteiger partial charge < -0.3 is 20.3 Å². The maximum absolute atomic E-state index is 12.5. The molecule has 0 spiro atoms. The quantitative estimate of drug-likeness (QED) is 0.0320. The number of aliphatic hydroxyl groups excluding tert-OH is 2. The van der Waals surface area contributed by atoms with Gasteiger partial charge in [-0.15, -0.1) is 0 Å². The highest BCUT2D eigenvalue weighted by Gasteiger charge is 2.18. The van der Waals surface area contributed by atoms with Gasteiger partial charge in [-0.2, -0.15) is 0 Å². The van der Waals surface area contributed by atoms with Crippen LogP contribution in [0.2, 0.25) is 0 Å². The molecule has 0 aliphatic heterocycles. The van der Waals surface area contributed by atoms with Crippen molar-refractivity contribution in [3.8, 4) is 0 Å². The highest BCUT2D eigenvalue weighted by atomic mass is 16.5. The summed E-state index contributed by atoms with van der Waals surface area (Å²) in [4.78, 5) is 24.6. The predicted molar refractivity (Wildman–Crippen MR) is 352 cm³/mol. The molecule has 2 atom stereocenters. The van der Waals surface area contributed by atoms with Crippen molar-refractivity contribution in [2.75, 3.05) is 13.2 Å². The Bertz CT molecular complexity index is 1380. The van der Waals surface area contributed by atoms with Gasteiger partial charge in [-0.1, -0.05) is 331 Å². The minimum absolute atomic E-state index is 0.00693. The van der Waals surface area contributed by atoms with Crippen LogP contribution in [0.25, 0.3) is 0 Å². The number of hydrogen-bond donors (Lipinski definition) is 3. The van der Waals surface area contributed by atoms with E-state index in [1.807, 2.05) is 6.08 Å². The summed E-state index contributed by atoms with van der Waals surface area (Å²) in [5.41, 5.74) is 0. The molecule has 3 N–H and O–H groups in total. The predicted octanol–water partition coefficient (Wildman–Crippen LogP) is 23.0. The molecule has 6 nitrogen and oxygen atoms in total. The summed E-state index contributed by atoms with van der Waals surface area (Å²) in [5.74, 6) is -0.0781. The van der Waals surface area contributed by atoms with Gasteiger partial charge in [0, 0.05) is 12.8 Å². The molecular weight excluding hydrogens is 983 g/mol. The maximum Gasteiger partial charge on any atom is 0.305 e. The normalized spacial score (nSPS) is 12.9. The van der Waals surface area contributed by atoms with Crippen LogP contribution in [0, 0.1) is 0 Å². The summed E-state index contributed by atoms with van der Waals surface area (Å²) in [7, 11) is 0. The number of amides is 1. The van der Waals surface area contributed by atoms with E-state index in [1.54, 1.807) is 6.08 Å². The van der Waals surface area contributed by atoms with Crippen LogP contribution in [0.3, 0.4) is 0 Å². The molecule has 6 heteroatoms. The summed E-state index contributed by atoms with van der Waals surface area (Å²) in [6, 6.07) is -0.636. The number of aliphatic hydroxyl groups is 2. The van der Waals surface area contributed by atoms with Gasteiger partial charge in [-0.3, -0.25) is 9.59 Å². The molecule has 0 aliphatic rings. The van der Waals surface area contributed by atoms with E-state index in [1.165, 1.54) is 289 Å². The largest absolute Gasteiger partial charge is 0.466 e. The van der Waals surface area contributed by atoms with E-state index in [0.717, 1.165) is 57.8 Å². The van der Waals surface area contributed by atoms with Crippen molar-refractivity contribution >= 4 is 11.9 Å². The topological polar surface area (TPSA) is 95.9 Å². The van der Waals surface area contributed by atoms with E-state index in [0.29, 0.717) is 19.4 Å². The third-order valence-electron chi connectivity index (χ3n) is 16.2. The molecule has 0 aromatic carbocycles. The van der Waals surface area contributed by atoms with Crippen LogP contribution in [0.15, 0.2) is 60.8 Å². The van der Waals surface area contributed by atoms with Crippen LogP contribution in [-0.4, -0.2) is 47.4 Å². The first kappa shape index (κ1) is 77.6. The fourth-order valence-electron chi connectivity index (χ4n) is 10.8. The van der Waals surface area contributed by atoms with Gasteiger partial charge in [0.2, 0.25) is 5.91 Å². The van der Waals surface area contributed by atoms with Crippen molar-refractivity contribution in [1.29, 1.82) is 0 Å². The molecule has 0 saturated heterocycles. The van der Waals surface area contributed by atoms with Gasteiger partial charge in [0.1, 0.15) is 0 Å². The van der Waals surface area contributed by atoms with Crippen LogP contribution >= 0.6 is 0 Å². The van der Waals surface area contributed by atoms with Crippen molar-refractivity contribution in [2.24, 2.45) is 0 Å². The molecule has 80 heavy (non-hydrogen) atoms. The Balaban J connectivity index is 3.47. The lowest BCUT2D eigenvalue weighted by atomic mass is 10.0. The van der Waals surface area contributed by atoms with Crippen LogP contribution in [0.1, 0.15) is 373 Å². The molecule has 0 saturated carbocycles. The maximum atomic E-state index is 12.5. The average molecular weight is 1120 g/mol. The van der Waals surface area contributed by atoms with Crippen LogP contribution in [0.5, 0.6) is 0 Å². The Labute approximate surface area is 499 Å². The number of nitrogens with one attached hydrogen (secondary N) is 1. The molecule has 0 aromatic heterocycles. The van der Waals surface area contributed by atoms with Crippen LogP contribution in [-0.2, 0) is 14.3 Å². The number of hydrogen-bond acceptors (Lipinski definition) is 5. The monoisotopic (exact) mass is 1120 g/mol. The van der Waals surface area contributed by atoms with Crippen LogP contribution in [0.4, 0.5) is 0 Å². The van der Waals surface area contributed by atoms with Gasteiger partial charge in [0.05, 0.1) is 25.4 Å². The van der Waals surface area contributed by atoms with Crippen molar-refractivity contribution < 1.29 is 24.5 Å². The van der Waals surface area contributed by atoms with E-state index < -0.39 is 12.1 Å². The number of allylic oxidation sites excluding steroid dienone is 9. The lowest BCUT2D eigenvalue weighted by Crippen LogP contribution is -2.45.